The number of nitrogens with zero attached hydrogens (tertiary/aromatic N) is 1. The predicted octanol–water partition coefficient (Wildman–Crippen LogP) is 1.89. The number of aromatic hydroxyl groups is 2. The minimum Gasteiger partial charge on any atom is -0.504 e. The first-order valence-corrected chi connectivity index (χ1v) is 9.51. The van der Waals surface area contributed by atoms with Crippen molar-refractivity contribution >= 4 is 29.3 Å². The molecule has 2 aromatic rings. The maximum absolute atomic E-state index is 12.7. The minimum absolute atomic E-state index is 0.159. The number of phenols is 2. The number of carbonyl (C=O) groups excluding carboxylic acids is 2. The van der Waals surface area contributed by atoms with Crippen molar-refractivity contribution in [3.8, 4) is 17.2 Å². The van der Waals surface area contributed by atoms with Crippen LogP contribution in [0.1, 0.15) is 27.1 Å². The maximum Gasteiger partial charge on any atom is 0.254 e. The van der Waals surface area contributed by atoms with Gasteiger partial charge in [0.25, 0.3) is 5.91 Å². The Bertz CT molecular complexity index is 969. The highest BCUT2D eigenvalue weighted by molar-refractivity contribution is 6.31. The summed E-state index contributed by atoms with van der Waals surface area (Å²) in [6, 6.07) is 8.22. The zero-order valence-corrected chi connectivity index (χ0v) is 17.5. The van der Waals surface area contributed by atoms with Gasteiger partial charge >= 0.3 is 0 Å². The fraction of sp³-hybridized carbons (Fsp3) is 0.250. The average Bonchev–Trinajstić information content (AvgIpc) is 2.71. The summed E-state index contributed by atoms with van der Waals surface area (Å²) < 4.78 is 5.57. The second-order valence-corrected chi connectivity index (χ2v) is 6.97. The fourth-order valence-electron chi connectivity index (χ4n) is 2.52. The summed E-state index contributed by atoms with van der Waals surface area (Å²) in [5.74, 6) is -1.54. The summed E-state index contributed by atoms with van der Waals surface area (Å²) in [5, 5.41) is 26.1. The van der Waals surface area contributed by atoms with E-state index in [1.165, 1.54) is 36.2 Å². The van der Waals surface area contributed by atoms with Crippen LogP contribution in [-0.4, -0.2) is 59.6 Å². The molecule has 10 nitrogen and oxygen atoms in total. The number of hydrogen-bond donors (Lipinski definition) is 5. The quantitative estimate of drug-likeness (QED) is 0.0916. The van der Waals surface area contributed by atoms with E-state index in [2.05, 4.69) is 5.48 Å². The topological polar surface area (TPSA) is 158 Å². The van der Waals surface area contributed by atoms with Gasteiger partial charge in [0.2, 0.25) is 5.96 Å². The number of Topliss-reactive ketones (excluding diaryl/α,β-unsaturated/α-hetero) is 1. The van der Waals surface area contributed by atoms with Gasteiger partial charge < -0.3 is 25.6 Å². The second kappa shape index (κ2) is 11.0. The predicted molar refractivity (Wildman–Crippen MR) is 114 cm³/mol. The van der Waals surface area contributed by atoms with Crippen LogP contribution in [0.2, 0.25) is 5.02 Å². The van der Waals surface area contributed by atoms with E-state index in [4.69, 9.17) is 32.3 Å². The lowest BCUT2D eigenvalue weighted by Gasteiger charge is -2.17. The number of rotatable bonds is 10. The second-order valence-electron chi connectivity index (χ2n) is 6.53. The van der Waals surface area contributed by atoms with Crippen molar-refractivity contribution in [2.24, 2.45) is 5.73 Å². The summed E-state index contributed by atoms with van der Waals surface area (Å²) in [4.78, 5) is 31.2. The van der Waals surface area contributed by atoms with Crippen LogP contribution < -0.4 is 16.0 Å². The van der Waals surface area contributed by atoms with Gasteiger partial charge in [-0.1, -0.05) is 11.6 Å². The lowest BCUT2D eigenvalue weighted by molar-refractivity contribution is 0.0730. The molecule has 1 amide bonds. The number of ketones is 1. The van der Waals surface area contributed by atoms with Gasteiger partial charge in [0.15, 0.2) is 17.3 Å². The number of benzene rings is 2. The van der Waals surface area contributed by atoms with Crippen molar-refractivity contribution < 1.29 is 29.4 Å². The van der Waals surface area contributed by atoms with E-state index >= 15 is 0 Å². The molecule has 0 aliphatic carbocycles. The van der Waals surface area contributed by atoms with Gasteiger partial charge in [0.1, 0.15) is 5.75 Å². The zero-order valence-electron chi connectivity index (χ0n) is 16.7. The largest absolute Gasteiger partial charge is 0.504 e. The van der Waals surface area contributed by atoms with Crippen LogP contribution in [0.15, 0.2) is 36.4 Å². The third-order valence-corrected chi connectivity index (χ3v) is 4.20. The standard InChI is InChI=1S/C20H23ClN4O6/c1-25(11-18(28)12-3-4-16(26)17(27)9-12)19(29)13-7-14(21)10-15(8-13)30-5-2-6-31-24-20(22)23/h3-4,7-10,26-27H,2,5-6,11H2,1H3,(H4,22,23,24). The molecule has 0 spiro atoms. The summed E-state index contributed by atoms with van der Waals surface area (Å²) in [5.41, 5.74) is 7.68. The molecule has 0 aromatic heterocycles. The van der Waals surface area contributed by atoms with E-state index in [0.717, 1.165) is 6.07 Å². The van der Waals surface area contributed by atoms with E-state index in [1.807, 2.05) is 0 Å². The van der Waals surface area contributed by atoms with Crippen LogP contribution in [0.4, 0.5) is 0 Å². The molecular weight excluding hydrogens is 428 g/mol. The molecule has 0 fully saturated rings. The number of ether oxygens (including phenoxy) is 1. The van der Waals surface area contributed by atoms with E-state index in [0.29, 0.717) is 17.2 Å². The molecule has 6 N–H and O–H groups in total. The van der Waals surface area contributed by atoms with Gasteiger partial charge in [-0.3, -0.25) is 19.8 Å². The van der Waals surface area contributed by atoms with Crippen molar-refractivity contribution in [3.63, 3.8) is 0 Å². The molecule has 2 rings (SSSR count). The summed E-state index contributed by atoms with van der Waals surface area (Å²) in [7, 11) is 1.46. The maximum atomic E-state index is 12.7. The Balaban J connectivity index is 1.96. The molecule has 0 radical (unpaired) electrons. The molecule has 0 atom stereocenters. The van der Waals surface area contributed by atoms with Crippen LogP contribution in [0.3, 0.4) is 0 Å². The van der Waals surface area contributed by atoms with Crippen LogP contribution in [0.25, 0.3) is 0 Å². The summed E-state index contributed by atoms with van der Waals surface area (Å²) in [6.45, 7) is 0.280. The SMILES string of the molecule is CN(CC(=O)c1ccc(O)c(O)c1)C(=O)c1cc(Cl)cc(OCCCONC(=N)N)c1. The molecule has 0 heterocycles. The lowest BCUT2D eigenvalue weighted by Crippen LogP contribution is -2.32. The van der Waals surface area contributed by atoms with Gasteiger partial charge in [0.05, 0.1) is 19.8 Å². The lowest BCUT2D eigenvalue weighted by atomic mass is 10.1. The third-order valence-electron chi connectivity index (χ3n) is 3.98. The third kappa shape index (κ3) is 7.36. The van der Waals surface area contributed by atoms with E-state index in [1.54, 1.807) is 6.07 Å². The Morgan fingerprint density at radius 2 is 1.87 bits per heavy atom. The molecule has 31 heavy (non-hydrogen) atoms. The molecule has 11 heteroatoms. The van der Waals surface area contributed by atoms with E-state index in [-0.39, 0.29) is 42.6 Å². The van der Waals surface area contributed by atoms with Crippen molar-refractivity contribution in [3.05, 3.63) is 52.5 Å². The van der Waals surface area contributed by atoms with Crippen molar-refractivity contribution in [2.75, 3.05) is 26.8 Å². The van der Waals surface area contributed by atoms with Crippen LogP contribution in [0, 0.1) is 5.41 Å². The molecule has 166 valence electrons. The number of likely N-dealkylation sites (N-methyl/N-ethyl adjacent to an activating group) is 1. The Hall–Kier alpha value is -3.50. The number of hydroxylamine groups is 1. The van der Waals surface area contributed by atoms with Crippen molar-refractivity contribution in [2.45, 2.75) is 6.42 Å². The Morgan fingerprint density at radius 1 is 1.13 bits per heavy atom. The highest BCUT2D eigenvalue weighted by Gasteiger charge is 2.18. The van der Waals surface area contributed by atoms with Gasteiger partial charge in [0, 0.05) is 29.6 Å². The molecule has 0 bridgehead atoms. The summed E-state index contributed by atoms with van der Waals surface area (Å²) in [6.07, 6.45) is 0.490. The normalized spacial score (nSPS) is 10.4. The molecule has 0 saturated carbocycles. The average molecular weight is 451 g/mol. The van der Waals surface area contributed by atoms with Gasteiger partial charge in [-0.05, 0) is 36.4 Å². The molecule has 0 aliphatic rings. The molecular formula is C20H23ClN4O6. The van der Waals surface area contributed by atoms with E-state index < -0.39 is 17.4 Å². The van der Waals surface area contributed by atoms with Crippen molar-refractivity contribution in [1.82, 2.24) is 10.4 Å². The number of nitrogens with one attached hydrogen (secondary N) is 2. The molecule has 0 aliphatic heterocycles. The molecule has 0 unspecified atom stereocenters. The van der Waals surface area contributed by atoms with Crippen LogP contribution in [-0.2, 0) is 4.84 Å². The number of amides is 1. The summed E-state index contributed by atoms with van der Waals surface area (Å²) >= 11 is 6.09. The number of carbonyl (C=O) groups is 2. The number of phenolic OH excluding ortho intramolecular Hbond substituents is 2. The number of halogens is 1. The van der Waals surface area contributed by atoms with E-state index in [9.17, 15) is 19.8 Å². The first kappa shape index (κ1) is 23.8. The number of guanidine groups is 1. The van der Waals surface area contributed by atoms with Gasteiger partial charge in [-0.2, -0.15) is 0 Å². The highest BCUT2D eigenvalue weighted by atomic mass is 35.5. The van der Waals surface area contributed by atoms with Gasteiger partial charge in [-0.15, -0.1) is 0 Å². The zero-order chi connectivity index (χ0) is 23.0. The minimum atomic E-state index is -0.447. The fourth-order valence-corrected chi connectivity index (χ4v) is 2.74. The van der Waals surface area contributed by atoms with Crippen LogP contribution >= 0.6 is 11.6 Å². The first-order chi connectivity index (χ1) is 14.7. The highest BCUT2D eigenvalue weighted by Crippen LogP contribution is 2.25. The number of nitrogens with two attached hydrogens (primary N) is 1. The Morgan fingerprint density at radius 3 is 2.55 bits per heavy atom. The molecule has 2 aromatic carbocycles. The monoisotopic (exact) mass is 450 g/mol. The van der Waals surface area contributed by atoms with Gasteiger partial charge in [-0.25, -0.2) is 5.48 Å². The Labute approximate surface area is 183 Å². The van der Waals surface area contributed by atoms with Crippen LogP contribution in [0.5, 0.6) is 17.2 Å². The van der Waals surface area contributed by atoms with Crippen molar-refractivity contribution in [1.29, 1.82) is 5.41 Å². The Kier molecular flexibility index (Phi) is 8.47. The number of hydrogen-bond acceptors (Lipinski definition) is 7. The molecule has 0 saturated heterocycles. The smallest absolute Gasteiger partial charge is 0.254 e. The first-order valence-electron chi connectivity index (χ1n) is 9.13.